The number of carbonyl (C=O) groups is 2. The van der Waals surface area contributed by atoms with E-state index in [0.29, 0.717) is 16.3 Å². The maximum Gasteiger partial charge on any atom is 0.350 e. The molecule has 3 heterocycles. The minimum atomic E-state index is -0.746. The molecule has 0 aliphatic carbocycles. The van der Waals surface area contributed by atoms with Gasteiger partial charge in [0.25, 0.3) is 5.91 Å². The molecule has 1 aromatic carbocycles. The molecule has 1 fully saturated rings. The van der Waals surface area contributed by atoms with Crippen LogP contribution in [0.4, 0.5) is 10.1 Å². The number of halogens is 2. The van der Waals surface area contributed by atoms with Crippen molar-refractivity contribution in [3.05, 3.63) is 57.3 Å². The molecule has 0 spiro atoms. The molecule has 1 atom stereocenters. The van der Waals surface area contributed by atoms with E-state index >= 15 is 0 Å². The first-order chi connectivity index (χ1) is 15.4. The number of nitrogens with one attached hydrogen (secondary N) is 1. The van der Waals surface area contributed by atoms with Gasteiger partial charge in [-0.25, -0.2) is 14.2 Å². The Morgan fingerprint density at radius 3 is 2.84 bits per heavy atom. The fraction of sp³-hybridized carbons (Fsp3) is 0.348. The lowest BCUT2D eigenvalue weighted by atomic mass is 10.0. The van der Waals surface area contributed by atoms with Crippen LogP contribution in [0.15, 0.2) is 30.3 Å². The molecule has 6 nitrogen and oxygen atoms in total. The molecule has 168 valence electrons. The fourth-order valence-electron chi connectivity index (χ4n) is 3.96. The first-order valence-corrected chi connectivity index (χ1v) is 11.6. The smallest absolute Gasteiger partial charge is 0.350 e. The van der Waals surface area contributed by atoms with E-state index in [1.54, 1.807) is 0 Å². The van der Waals surface area contributed by atoms with Crippen molar-refractivity contribution in [3.63, 3.8) is 0 Å². The van der Waals surface area contributed by atoms with Gasteiger partial charge in [-0.3, -0.25) is 9.69 Å². The number of pyridine rings is 1. The number of piperidine rings is 1. The maximum atomic E-state index is 14.2. The van der Waals surface area contributed by atoms with Gasteiger partial charge in [0.2, 0.25) is 0 Å². The standard InChI is InChI=1S/C23H23ClFN3O3S/c1-13-6-3-4-11-28(13)12-14-9-10-15-19(20(23(30)31-2)32-22(15)26-14)27-21(29)18-16(24)7-5-8-17(18)25/h5,7-10,13H,3-4,6,11-12H2,1-2H3,(H,27,29)/t13-/m0/s1. The Morgan fingerprint density at radius 2 is 2.12 bits per heavy atom. The van der Waals surface area contributed by atoms with Gasteiger partial charge in [-0.2, -0.15) is 0 Å². The number of thiophene rings is 1. The summed E-state index contributed by atoms with van der Waals surface area (Å²) in [6.07, 6.45) is 3.59. The number of anilines is 1. The van der Waals surface area contributed by atoms with Crippen LogP contribution < -0.4 is 5.32 Å². The van der Waals surface area contributed by atoms with Crippen molar-refractivity contribution in [2.24, 2.45) is 0 Å². The van der Waals surface area contributed by atoms with Gasteiger partial charge in [-0.1, -0.05) is 24.1 Å². The van der Waals surface area contributed by atoms with E-state index in [1.165, 1.54) is 38.5 Å². The highest BCUT2D eigenvalue weighted by molar-refractivity contribution is 7.21. The summed E-state index contributed by atoms with van der Waals surface area (Å²) in [6, 6.07) is 8.22. The average molecular weight is 476 g/mol. The zero-order chi connectivity index (χ0) is 22.8. The van der Waals surface area contributed by atoms with Crippen LogP contribution in [-0.4, -0.2) is 41.5 Å². The van der Waals surface area contributed by atoms with Gasteiger partial charge < -0.3 is 10.1 Å². The van der Waals surface area contributed by atoms with Gasteiger partial charge in [0.1, 0.15) is 15.5 Å². The van der Waals surface area contributed by atoms with Crippen LogP contribution in [0.5, 0.6) is 0 Å². The molecule has 32 heavy (non-hydrogen) atoms. The third-order valence-electron chi connectivity index (χ3n) is 5.72. The van der Waals surface area contributed by atoms with Crippen molar-refractivity contribution in [1.29, 1.82) is 0 Å². The summed E-state index contributed by atoms with van der Waals surface area (Å²) in [5.74, 6) is -2.09. The first kappa shape index (κ1) is 22.6. The quantitative estimate of drug-likeness (QED) is 0.493. The highest BCUT2D eigenvalue weighted by Crippen LogP contribution is 2.36. The second kappa shape index (κ2) is 9.52. The topological polar surface area (TPSA) is 71.5 Å². The van der Waals surface area contributed by atoms with E-state index in [9.17, 15) is 14.0 Å². The summed E-state index contributed by atoms with van der Waals surface area (Å²) < 4.78 is 19.1. The Morgan fingerprint density at radius 1 is 1.31 bits per heavy atom. The van der Waals surface area contributed by atoms with Crippen molar-refractivity contribution < 1.29 is 18.7 Å². The summed E-state index contributed by atoms with van der Waals surface area (Å²) in [5.41, 5.74) is 0.846. The van der Waals surface area contributed by atoms with Gasteiger partial charge in [-0.05, 0) is 50.6 Å². The molecule has 9 heteroatoms. The third kappa shape index (κ3) is 4.48. The van der Waals surface area contributed by atoms with Crippen molar-refractivity contribution >= 4 is 50.7 Å². The van der Waals surface area contributed by atoms with Gasteiger partial charge >= 0.3 is 5.97 Å². The van der Waals surface area contributed by atoms with E-state index in [1.807, 2.05) is 12.1 Å². The molecule has 2 aromatic heterocycles. The van der Waals surface area contributed by atoms with Crippen LogP contribution in [0.3, 0.4) is 0 Å². The minimum absolute atomic E-state index is 0.0160. The number of carbonyl (C=O) groups excluding carboxylic acids is 2. The monoisotopic (exact) mass is 475 g/mol. The van der Waals surface area contributed by atoms with E-state index in [0.717, 1.165) is 36.2 Å². The molecular formula is C23H23ClFN3O3S. The van der Waals surface area contributed by atoms with Crippen LogP contribution in [0, 0.1) is 5.82 Å². The highest BCUT2D eigenvalue weighted by Gasteiger charge is 2.25. The molecular weight excluding hydrogens is 453 g/mol. The molecule has 1 aliphatic rings. The fourth-order valence-corrected chi connectivity index (χ4v) is 5.27. The second-order valence-corrected chi connectivity index (χ2v) is 9.23. The van der Waals surface area contributed by atoms with E-state index in [4.69, 9.17) is 21.3 Å². The summed E-state index contributed by atoms with van der Waals surface area (Å²) in [5, 5.41) is 3.22. The van der Waals surface area contributed by atoms with Crippen LogP contribution in [-0.2, 0) is 11.3 Å². The molecule has 4 rings (SSSR count). The maximum absolute atomic E-state index is 14.2. The summed E-state index contributed by atoms with van der Waals surface area (Å²) in [7, 11) is 1.27. The van der Waals surface area contributed by atoms with E-state index < -0.39 is 17.7 Å². The average Bonchev–Trinajstić information content (AvgIpc) is 3.12. The molecule has 1 N–H and O–H groups in total. The number of esters is 1. The van der Waals surface area contributed by atoms with Gasteiger partial charge in [-0.15, -0.1) is 11.3 Å². The number of likely N-dealkylation sites (tertiary alicyclic amines) is 1. The van der Waals surface area contributed by atoms with Crippen molar-refractivity contribution in [2.75, 3.05) is 19.0 Å². The summed E-state index contributed by atoms with van der Waals surface area (Å²) in [4.78, 5) is 33.1. The number of hydrogen-bond donors (Lipinski definition) is 1. The SMILES string of the molecule is COC(=O)c1sc2nc(CN3CCCC[C@@H]3C)ccc2c1NC(=O)c1c(F)cccc1Cl. The molecule has 1 saturated heterocycles. The lowest BCUT2D eigenvalue weighted by molar-refractivity contribution is 0.0607. The van der Waals surface area contributed by atoms with E-state index in [2.05, 4.69) is 17.1 Å². The molecule has 0 unspecified atom stereocenters. The van der Waals surface area contributed by atoms with E-state index in [-0.39, 0.29) is 21.2 Å². The molecule has 0 radical (unpaired) electrons. The van der Waals surface area contributed by atoms with Crippen molar-refractivity contribution in [2.45, 2.75) is 38.8 Å². The molecule has 0 saturated carbocycles. The van der Waals surface area contributed by atoms with Gasteiger partial charge in [0.15, 0.2) is 0 Å². The zero-order valence-corrected chi connectivity index (χ0v) is 19.4. The van der Waals surface area contributed by atoms with Gasteiger partial charge in [0.05, 0.1) is 29.1 Å². The minimum Gasteiger partial charge on any atom is -0.465 e. The van der Waals surface area contributed by atoms with Crippen LogP contribution in [0.2, 0.25) is 5.02 Å². The van der Waals surface area contributed by atoms with Crippen molar-refractivity contribution in [3.8, 4) is 0 Å². The number of fused-ring (bicyclic) bond motifs is 1. The summed E-state index contributed by atoms with van der Waals surface area (Å²) >= 11 is 7.16. The number of aromatic nitrogens is 1. The number of benzene rings is 1. The largest absolute Gasteiger partial charge is 0.465 e. The summed E-state index contributed by atoms with van der Waals surface area (Å²) in [6.45, 7) is 3.97. The second-order valence-electron chi connectivity index (χ2n) is 7.82. The molecule has 0 bridgehead atoms. The number of methoxy groups -OCH3 is 1. The lowest BCUT2D eigenvalue weighted by Gasteiger charge is -2.32. The van der Waals surface area contributed by atoms with Crippen LogP contribution in [0.1, 0.15) is 51.9 Å². The Labute approximate surface area is 194 Å². The Kier molecular flexibility index (Phi) is 6.74. The number of ether oxygens (including phenoxy) is 1. The first-order valence-electron chi connectivity index (χ1n) is 10.4. The molecule has 1 amide bonds. The zero-order valence-electron chi connectivity index (χ0n) is 17.8. The predicted molar refractivity (Wildman–Crippen MR) is 124 cm³/mol. The van der Waals surface area contributed by atoms with Gasteiger partial charge in [0, 0.05) is 18.0 Å². The lowest BCUT2D eigenvalue weighted by Crippen LogP contribution is -2.36. The Bertz CT molecular complexity index is 1160. The van der Waals surface area contributed by atoms with Crippen LogP contribution in [0.25, 0.3) is 10.2 Å². The highest BCUT2D eigenvalue weighted by atomic mass is 35.5. The third-order valence-corrected chi connectivity index (χ3v) is 7.11. The molecule has 3 aromatic rings. The Hall–Kier alpha value is -2.55. The number of hydrogen-bond acceptors (Lipinski definition) is 6. The molecule has 1 aliphatic heterocycles. The predicted octanol–water partition coefficient (Wildman–Crippen LogP) is 5.50. The number of nitrogens with zero attached hydrogens (tertiary/aromatic N) is 2. The number of amides is 1. The Balaban J connectivity index is 1.69. The van der Waals surface area contributed by atoms with Crippen LogP contribution >= 0.6 is 22.9 Å². The number of rotatable bonds is 5. The normalized spacial score (nSPS) is 16.8. The van der Waals surface area contributed by atoms with Crippen molar-refractivity contribution in [1.82, 2.24) is 9.88 Å².